The summed E-state index contributed by atoms with van der Waals surface area (Å²) in [5.74, 6) is -0.0641. The van der Waals surface area contributed by atoms with Gasteiger partial charge < -0.3 is 4.55 Å². The molecule has 0 saturated heterocycles. The summed E-state index contributed by atoms with van der Waals surface area (Å²) in [6.45, 7) is 0. The van der Waals surface area contributed by atoms with E-state index in [9.17, 15) is 21.9 Å². The molecule has 2 nitrogen and oxygen atoms in total. The lowest BCUT2D eigenvalue weighted by molar-refractivity contribution is -0.138. The van der Waals surface area contributed by atoms with Crippen LogP contribution in [0.25, 0.3) is 0 Å². The SMILES string of the molecule is O=S([O-])c1ccc(C2CC2)c(C(F)(F)F)c1. The van der Waals surface area contributed by atoms with Gasteiger partial charge in [-0.25, -0.2) is 0 Å². The minimum atomic E-state index is -4.49. The van der Waals surface area contributed by atoms with Gasteiger partial charge in [-0.3, -0.25) is 4.21 Å². The zero-order chi connectivity index (χ0) is 11.9. The molecule has 1 aromatic rings. The quantitative estimate of drug-likeness (QED) is 0.756. The highest BCUT2D eigenvalue weighted by atomic mass is 32.2. The number of halogens is 3. The summed E-state index contributed by atoms with van der Waals surface area (Å²) >= 11 is -2.63. The van der Waals surface area contributed by atoms with Gasteiger partial charge in [0.1, 0.15) is 0 Å². The van der Waals surface area contributed by atoms with Crippen molar-refractivity contribution >= 4 is 11.1 Å². The molecule has 1 aliphatic carbocycles. The molecule has 0 bridgehead atoms. The molecule has 1 aromatic carbocycles. The van der Waals surface area contributed by atoms with Crippen molar-refractivity contribution in [3.63, 3.8) is 0 Å². The van der Waals surface area contributed by atoms with Crippen molar-refractivity contribution in [2.75, 3.05) is 0 Å². The molecular weight excluding hydrogens is 241 g/mol. The number of rotatable bonds is 2. The molecule has 0 N–H and O–H groups in total. The predicted molar refractivity (Wildman–Crippen MR) is 50.6 cm³/mol. The van der Waals surface area contributed by atoms with Crippen molar-refractivity contribution in [2.24, 2.45) is 0 Å². The standard InChI is InChI=1S/C10H9F3O2S/c11-10(12,13)9-5-7(16(14)15)3-4-8(9)6-1-2-6/h3-6H,1-2H2,(H,14,15)/p-1. The normalized spacial score (nSPS) is 18.5. The van der Waals surface area contributed by atoms with Gasteiger partial charge in [0, 0.05) is 4.90 Å². The predicted octanol–water partition coefficient (Wildman–Crippen LogP) is 2.82. The third kappa shape index (κ3) is 2.27. The Bertz CT molecular complexity index is 438. The Kier molecular flexibility index (Phi) is 2.79. The number of hydrogen-bond donors (Lipinski definition) is 0. The van der Waals surface area contributed by atoms with E-state index in [4.69, 9.17) is 0 Å². The van der Waals surface area contributed by atoms with Crippen LogP contribution in [0.1, 0.15) is 29.9 Å². The molecule has 6 heteroatoms. The molecule has 88 valence electrons. The molecule has 1 saturated carbocycles. The maximum atomic E-state index is 12.7. The molecule has 0 amide bonds. The van der Waals surface area contributed by atoms with Gasteiger partial charge in [0.2, 0.25) is 0 Å². The van der Waals surface area contributed by atoms with E-state index in [0.29, 0.717) is 6.07 Å². The maximum absolute atomic E-state index is 12.7. The Balaban J connectivity index is 2.51. The van der Waals surface area contributed by atoms with Crippen molar-refractivity contribution in [1.82, 2.24) is 0 Å². The van der Waals surface area contributed by atoms with E-state index in [-0.39, 0.29) is 16.4 Å². The molecule has 0 spiro atoms. The number of alkyl halides is 3. The van der Waals surface area contributed by atoms with Gasteiger partial charge in [-0.15, -0.1) is 0 Å². The molecule has 1 aliphatic rings. The van der Waals surface area contributed by atoms with Crippen molar-refractivity contribution < 1.29 is 21.9 Å². The molecule has 0 heterocycles. The molecule has 0 aromatic heterocycles. The smallest absolute Gasteiger partial charge is 0.416 e. The van der Waals surface area contributed by atoms with E-state index in [0.717, 1.165) is 12.8 Å². The average Bonchev–Trinajstić information content (AvgIpc) is 2.98. The third-order valence-corrected chi connectivity index (χ3v) is 3.18. The van der Waals surface area contributed by atoms with E-state index in [1.807, 2.05) is 0 Å². The van der Waals surface area contributed by atoms with Gasteiger partial charge in [0.25, 0.3) is 0 Å². The van der Waals surface area contributed by atoms with Crippen molar-refractivity contribution in [3.05, 3.63) is 29.3 Å². The Morgan fingerprint density at radius 1 is 1.31 bits per heavy atom. The Hall–Kier alpha value is -0.880. The van der Waals surface area contributed by atoms with Crippen LogP contribution in [0.4, 0.5) is 13.2 Å². The van der Waals surface area contributed by atoms with Crippen LogP contribution in [0, 0.1) is 0 Å². The fourth-order valence-electron chi connectivity index (χ4n) is 1.63. The van der Waals surface area contributed by atoms with Crippen LogP contribution in [-0.2, 0) is 17.3 Å². The van der Waals surface area contributed by atoms with Crippen molar-refractivity contribution in [2.45, 2.75) is 29.8 Å². The lowest BCUT2D eigenvalue weighted by atomic mass is 10.0. The molecule has 16 heavy (non-hydrogen) atoms. The van der Waals surface area contributed by atoms with Gasteiger partial charge in [-0.2, -0.15) is 13.2 Å². The first-order valence-electron chi connectivity index (χ1n) is 4.70. The molecule has 1 unspecified atom stereocenters. The van der Waals surface area contributed by atoms with Gasteiger partial charge in [-0.05, 0) is 47.5 Å². The summed E-state index contributed by atoms with van der Waals surface area (Å²) in [5, 5.41) is 0. The number of hydrogen-bond acceptors (Lipinski definition) is 2. The Morgan fingerprint density at radius 3 is 2.38 bits per heavy atom. The van der Waals surface area contributed by atoms with Crippen molar-refractivity contribution in [3.8, 4) is 0 Å². The van der Waals surface area contributed by atoms with Gasteiger partial charge >= 0.3 is 6.18 Å². The summed E-state index contributed by atoms with van der Waals surface area (Å²) in [5.41, 5.74) is -0.613. The number of benzene rings is 1. The molecule has 2 rings (SSSR count). The monoisotopic (exact) mass is 249 g/mol. The van der Waals surface area contributed by atoms with Gasteiger partial charge in [0.15, 0.2) is 0 Å². The second-order valence-electron chi connectivity index (χ2n) is 3.76. The first kappa shape index (κ1) is 11.6. The van der Waals surface area contributed by atoms with Crippen LogP contribution in [0.2, 0.25) is 0 Å². The van der Waals surface area contributed by atoms with Gasteiger partial charge in [-0.1, -0.05) is 6.07 Å². The lowest BCUT2D eigenvalue weighted by Gasteiger charge is -2.15. The second kappa shape index (κ2) is 3.85. The van der Waals surface area contributed by atoms with Gasteiger partial charge in [0.05, 0.1) is 5.56 Å². The van der Waals surface area contributed by atoms with Crippen LogP contribution in [0.15, 0.2) is 23.1 Å². The van der Waals surface area contributed by atoms with Crippen LogP contribution >= 0.6 is 0 Å². The second-order valence-corrected chi connectivity index (χ2v) is 4.70. The summed E-state index contributed by atoms with van der Waals surface area (Å²) in [7, 11) is 0. The maximum Gasteiger partial charge on any atom is 0.416 e. The van der Waals surface area contributed by atoms with Crippen molar-refractivity contribution in [1.29, 1.82) is 0 Å². The van der Waals surface area contributed by atoms with Crippen LogP contribution in [0.3, 0.4) is 0 Å². The zero-order valence-electron chi connectivity index (χ0n) is 8.08. The molecule has 0 aliphatic heterocycles. The lowest BCUT2D eigenvalue weighted by Crippen LogP contribution is -2.09. The van der Waals surface area contributed by atoms with E-state index in [2.05, 4.69) is 0 Å². The minimum Gasteiger partial charge on any atom is -0.768 e. The summed E-state index contributed by atoms with van der Waals surface area (Å²) < 4.78 is 59.3. The van der Waals surface area contributed by atoms with Crippen LogP contribution in [0.5, 0.6) is 0 Å². The van der Waals surface area contributed by atoms with E-state index in [1.54, 1.807) is 0 Å². The molecule has 1 fully saturated rings. The first-order chi connectivity index (χ1) is 7.39. The van der Waals surface area contributed by atoms with E-state index >= 15 is 0 Å². The molecule has 0 radical (unpaired) electrons. The summed E-state index contributed by atoms with van der Waals surface area (Å²) in [6, 6.07) is 3.19. The zero-order valence-corrected chi connectivity index (χ0v) is 8.90. The highest BCUT2D eigenvalue weighted by Crippen LogP contribution is 2.46. The first-order valence-corrected chi connectivity index (χ1v) is 5.77. The van der Waals surface area contributed by atoms with Crippen LogP contribution < -0.4 is 0 Å². The minimum absolute atomic E-state index is 0.0641. The molecule has 1 atom stereocenters. The highest BCUT2D eigenvalue weighted by Gasteiger charge is 2.38. The largest absolute Gasteiger partial charge is 0.768 e. The fourth-order valence-corrected chi connectivity index (χ4v) is 2.03. The highest BCUT2D eigenvalue weighted by molar-refractivity contribution is 7.79. The average molecular weight is 249 g/mol. The van der Waals surface area contributed by atoms with E-state index in [1.165, 1.54) is 12.1 Å². The van der Waals surface area contributed by atoms with E-state index < -0.39 is 22.8 Å². The Labute approximate surface area is 92.8 Å². The topological polar surface area (TPSA) is 40.1 Å². The summed E-state index contributed by atoms with van der Waals surface area (Å²) in [4.78, 5) is -0.322. The fraction of sp³-hybridized carbons (Fsp3) is 0.400. The third-order valence-electron chi connectivity index (χ3n) is 2.54. The van der Waals surface area contributed by atoms with Crippen LogP contribution in [-0.4, -0.2) is 8.76 Å². The Morgan fingerprint density at radius 2 is 1.94 bits per heavy atom. The molecular formula is C10H8F3O2S-. The summed E-state index contributed by atoms with van der Waals surface area (Å²) in [6.07, 6.45) is -3.01.